The lowest BCUT2D eigenvalue weighted by molar-refractivity contribution is -0.131. The molecule has 1 aromatic heterocycles. The third-order valence-corrected chi connectivity index (χ3v) is 6.63. The molecule has 0 aliphatic carbocycles. The summed E-state index contributed by atoms with van der Waals surface area (Å²) in [5, 5.41) is 0.299. The number of nitrogens with zero attached hydrogens (tertiary/aromatic N) is 1. The van der Waals surface area contributed by atoms with Crippen molar-refractivity contribution < 1.29 is 13.2 Å². The number of nitrogens with one attached hydrogen (secondary N) is 1. The molecule has 130 valence electrons. The number of carbonyl (C=O) groups is 1. The van der Waals surface area contributed by atoms with Crippen LogP contribution in [-0.4, -0.2) is 48.8 Å². The van der Waals surface area contributed by atoms with Gasteiger partial charge in [-0.25, -0.2) is 8.42 Å². The zero-order valence-electron chi connectivity index (χ0n) is 14.4. The third-order valence-electron chi connectivity index (χ3n) is 5.15. The maximum atomic E-state index is 12.4. The molecule has 6 heteroatoms. The average Bonchev–Trinajstić information content (AvgIpc) is 2.88. The van der Waals surface area contributed by atoms with E-state index in [2.05, 4.69) is 24.0 Å². The molecular weight excluding hydrogens is 324 g/mol. The molecular formula is C18H24N2O3S. The van der Waals surface area contributed by atoms with Crippen molar-refractivity contribution in [2.75, 3.05) is 19.3 Å². The molecule has 0 spiro atoms. The predicted molar refractivity (Wildman–Crippen MR) is 95.9 cm³/mol. The first-order valence-corrected chi connectivity index (χ1v) is 10.3. The molecule has 1 atom stereocenters. The van der Waals surface area contributed by atoms with Crippen LogP contribution in [-0.2, 0) is 14.6 Å². The number of sulfone groups is 1. The summed E-state index contributed by atoms with van der Waals surface area (Å²) in [6.45, 7) is 4.80. The first-order valence-electron chi connectivity index (χ1n) is 8.34. The van der Waals surface area contributed by atoms with Gasteiger partial charge < -0.3 is 9.88 Å². The van der Waals surface area contributed by atoms with Crippen LogP contribution in [0.5, 0.6) is 0 Å². The first kappa shape index (κ1) is 17.0. The fourth-order valence-corrected chi connectivity index (χ4v) is 4.17. The minimum absolute atomic E-state index is 0.272. The number of hydrogen-bond donors (Lipinski definition) is 1. The van der Waals surface area contributed by atoms with Crippen LogP contribution >= 0.6 is 0 Å². The average molecular weight is 348 g/mol. The molecule has 1 amide bonds. The highest BCUT2D eigenvalue weighted by Gasteiger charge is 2.32. The number of piperidine rings is 1. The van der Waals surface area contributed by atoms with E-state index in [1.165, 1.54) is 23.6 Å². The molecule has 0 bridgehead atoms. The Morgan fingerprint density at radius 2 is 1.88 bits per heavy atom. The Balaban J connectivity index is 1.75. The lowest BCUT2D eigenvalue weighted by atomic mass is 9.87. The fourth-order valence-electron chi connectivity index (χ4n) is 3.65. The summed E-state index contributed by atoms with van der Waals surface area (Å²) in [7, 11) is -3.34. The molecule has 2 aromatic rings. The van der Waals surface area contributed by atoms with Crippen molar-refractivity contribution in [3.8, 4) is 0 Å². The Hall–Kier alpha value is -1.82. The standard InChI is InChI=1S/C18H24N2O3S/c1-12-17(15-6-4-5-7-16(15)19-12)14-8-10-20(11-9-14)18(21)13(2)24(3,22)23/h4-7,13-14,19H,8-11H2,1-3H3. The Morgan fingerprint density at radius 1 is 1.25 bits per heavy atom. The SMILES string of the molecule is Cc1[nH]c2ccccc2c1C1CCN(C(=O)C(C)S(C)(=O)=O)CC1. The van der Waals surface area contributed by atoms with E-state index < -0.39 is 15.1 Å². The Kier molecular flexibility index (Phi) is 4.42. The zero-order chi connectivity index (χ0) is 17.5. The van der Waals surface area contributed by atoms with E-state index in [0.29, 0.717) is 19.0 Å². The van der Waals surface area contributed by atoms with Gasteiger partial charge in [-0.3, -0.25) is 4.79 Å². The molecule has 1 aromatic carbocycles. The number of amides is 1. The molecule has 0 saturated carbocycles. The summed E-state index contributed by atoms with van der Waals surface area (Å²) in [5.41, 5.74) is 3.67. The maximum absolute atomic E-state index is 12.4. The van der Waals surface area contributed by atoms with Gasteiger partial charge in [0.05, 0.1) is 0 Å². The number of carbonyl (C=O) groups excluding carboxylic acids is 1. The fraction of sp³-hybridized carbons (Fsp3) is 0.500. The smallest absolute Gasteiger partial charge is 0.240 e. The van der Waals surface area contributed by atoms with Gasteiger partial charge >= 0.3 is 0 Å². The van der Waals surface area contributed by atoms with Crippen LogP contribution < -0.4 is 0 Å². The van der Waals surface area contributed by atoms with Crippen molar-refractivity contribution in [3.05, 3.63) is 35.5 Å². The number of fused-ring (bicyclic) bond motifs is 1. The number of benzene rings is 1. The second kappa shape index (κ2) is 6.24. The van der Waals surface area contributed by atoms with Crippen molar-refractivity contribution in [2.24, 2.45) is 0 Å². The number of aromatic nitrogens is 1. The van der Waals surface area contributed by atoms with Gasteiger partial charge in [-0.15, -0.1) is 0 Å². The minimum Gasteiger partial charge on any atom is -0.358 e. The number of hydrogen-bond acceptors (Lipinski definition) is 3. The summed E-state index contributed by atoms with van der Waals surface area (Å²) in [4.78, 5) is 17.5. The molecule has 1 aliphatic heterocycles. The van der Waals surface area contributed by atoms with E-state index in [4.69, 9.17) is 0 Å². The summed E-state index contributed by atoms with van der Waals surface area (Å²) in [5.74, 6) is 0.130. The van der Waals surface area contributed by atoms with E-state index in [-0.39, 0.29) is 5.91 Å². The molecule has 1 saturated heterocycles. The van der Waals surface area contributed by atoms with Crippen molar-refractivity contribution >= 4 is 26.6 Å². The molecule has 24 heavy (non-hydrogen) atoms. The number of H-pyrrole nitrogens is 1. The monoisotopic (exact) mass is 348 g/mol. The quantitative estimate of drug-likeness (QED) is 0.927. The second-order valence-corrected chi connectivity index (χ2v) is 9.15. The molecule has 0 radical (unpaired) electrons. The zero-order valence-corrected chi connectivity index (χ0v) is 15.2. The van der Waals surface area contributed by atoms with Gasteiger partial charge in [-0.05, 0) is 44.2 Å². The first-order chi connectivity index (χ1) is 11.3. The van der Waals surface area contributed by atoms with E-state index in [1.54, 1.807) is 4.90 Å². The van der Waals surface area contributed by atoms with Crippen molar-refractivity contribution in [1.82, 2.24) is 9.88 Å². The Labute approximate surface area is 143 Å². The molecule has 1 aliphatic rings. The van der Waals surface area contributed by atoms with Crippen molar-refractivity contribution in [3.63, 3.8) is 0 Å². The van der Waals surface area contributed by atoms with Crippen LogP contribution in [0.3, 0.4) is 0 Å². The maximum Gasteiger partial charge on any atom is 0.240 e. The highest BCUT2D eigenvalue weighted by atomic mass is 32.2. The summed E-state index contributed by atoms with van der Waals surface area (Å²) < 4.78 is 23.2. The van der Waals surface area contributed by atoms with Crippen LogP contribution in [0, 0.1) is 6.92 Å². The largest absolute Gasteiger partial charge is 0.358 e. The number of aromatic amines is 1. The Morgan fingerprint density at radius 3 is 2.50 bits per heavy atom. The van der Waals surface area contributed by atoms with Crippen LogP contribution in [0.2, 0.25) is 0 Å². The van der Waals surface area contributed by atoms with E-state index >= 15 is 0 Å². The molecule has 1 unspecified atom stereocenters. The Bertz CT molecular complexity index is 862. The van der Waals surface area contributed by atoms with Crippen molar-refractivity contribution in [1.29, 1.82) is 0 Å². The van der Waals surface area contributed by atoms with Gasteiger partial charge in [-0.1, -0.05) is 18.2 Å². The number of para-hydroxylation sites is 1. The predicted octanol–water partition coefficient (Wildman–Crippen LogP) is 2.62. The topological polar surface area (TPSA) is 70.2 Å². The van der Waals surface area contributed by atoms with Gasteiger partial charge in [0.25, 0.3) is 0 Å². The van der Waals surface area contributed by atoms with E-state index in [1.807, 2.05) is 12.1 Å². The van der Waals surface area contributed by atoms with Gasteiger partial charge in [0.1, 0.15) is 5.25 Å². The highest BCUT2D eigenvalue weighted by molar-refractivity contribution is 7.92. The van der Waals surface area contributed by atoms with Gasteiger partial charge in [0.15, 0.2) is 9.84 Å². The van der Waals surface area contributed by atoms with E-state index in [0.717, 1.165) is 24.6 Å². The second-order valence-electron chi connectivity index (χ2n) is 6.78. The minimum atomic E-state index is -3.34. The molecule has 1 N–H and O–H groups in total. The molecule has 5 nitrogen and oxygen atoms in total. The summed E-state index contributed by atoms with van der Waals surface area (Å²) in [6.07, 6.45) is 2.85. The molecule has 3 rings (SSSR count). The summed E-state index contributed by atoms with van der Waals surface area (Å²) in [6, 6.07) is 8.29. The number of likely N-dealkylation sites (tertiary alicyclic amines) is 1. The van der Waals surface area contributed by atoms with Gasteiger partial charge in [-0.2, -0.15) is 0 Å². The van der Waals surface area contributed by atoms with Crippen LogP contribution in [0.25, 0.3) is 10.9 Å². The lowest BCUT2D eigenvalue weighted by Crippen LogP contribution is -2.44. The third kappa shape index (κ3) is 3.07. The van der Waals surface area contributed by atoms with Gasteiger partial charge in [0, 0.05) is 35.9 Å². The normalized spacial score (nSPS) is 18.0. The highest BCUT2D eigenvalue weighted by Crippen LogP contribution is 2.35. The molecule has 1 fully saturated rings. The van der Waals surface area contributed by atoms with Crippen LogP contribution in [0.4, 0.5) is 0 Å². The molecule has 2 heterocycles. The number of rotatable bonds is 3. The lowest BCUT2D eigenvalue weighted by Gasteiger charge is -2.33. The van der Waals surface area contributed by atoms with Crippen LogP contribution in [0.15, 0.2) is 24.3 Å². The van der Waals surface area contributed by atoms with Crippen LogP contribution in [0.1, 0.15) is 36.9 Å². The van der Waals surface area contributed by atoms with E-state index in [9.17, 15) is 13.2 Å². The number of aryl methyl sites for hydroxylation is 1. The summed E-state index contributed by atoms with van der Waals surface area (Å²) >= 11 is 0. The van der Waals surface area contributed by atoms with Crippen molar-refractivity contribution in [2.45, 2.75) is 37.9 Å². The van der Waals surface area contributed by atoms with Gasteiger partial charge in [0.2, 0.25) is 5.91 Å².